The monoisotopic (exact) mass is 551 g/mol. The second kappa shape index (κ2) is 9.64. The third-order valence-corrected chi connectivity index (χ3v) is 21.9. The molecule has 0 aliphatic heterocycles. The topological polar surface area (TPSA) is 55.7 Å². The van der Waals surface area contributed by atoms with Crippen LogP contribution in [0.25, 0.3) is 0 Å². The van der Waals surface area contributed by atoms with Crippen LogP contribution in [0.3, 0.4) is 0 Å². The maximum atomic E-state index is 14.2. The van der Waals surface area contributed by atoms with Crippen molar-refractivity contribution in [3.8, 4) is 0 Å². The standard InChI is InChI=1S/C29H50NO3PSSi/c1-27(2,3)36(7,8)33-26-21-23-19-20-29(26,28(23,4)5)22-35(31,32)30-34(6,24-15-11-9-12-16-24)25-17-13-10-14-18-25/h9,11-12,15-16,23,25-26H,10,13-14,17-22H2,1-8H3. The number of fused-ring (bicyclic) bond motifs is 2. The van der Waals surface area contributed by atoms with Crippen LogP contribution in [-0.4, -0.2) is 40.9 Å². The predicted octanol–water partition coefficient (Wildman–Crippen LogP) is 8.02. The van der Waals surface area contributed by atoms with Crippen LogP contribution in [0.5, 0.6) is 0 Å². The molecule has 4 unspecified atom stereocenters. The van der Waals surface area contributed by atoms with Crippen LogP contribution in [0.15, 0.2) is 34.5 Å². The second-order valence-corrected chi connectivity index (χ2v) is 24.3. The molecule has 36 heavy (non-hydrogen) atoms. The van der Waals surface area contributed by atoms with E-state index in [4.69, 9.17) is 8.58 Å². The molecule has 0 heterocycles. The van der Waals surface area contributed by atoms with Crippen LogP contribution in [-0.2, 0) is 14.4 Å². The molecule has 3 saturated carbocycles. The molecule has 3 aliphatic rings. The lowest BCUT2D eigenvalue weighted by molar-refractivity contribution is 0.0237. The first-order valence-electron chi connectivity index (χ1n) is 14.1. The number of hydrogen-bond donors (Lipinski definition) is 0. The maximum Gasteiger partial charge on any atom is 0.252 e. The highest BCUT2D eigenvalue weighted by atomic mass is 32.2. The van der Waals surface area contributed by atoms with Gasteiger partial charge in [0.1, 0.15) is 0 Å². The smallest absolute Gasteiger partial charge is 0.252 e. The largest absolute Gasteiger partial charge is 0.413 e. The number of rotatable bonds is 7. The van der Waals surface area contributed by atoms with E-state index in [0.717, 1.165) is 37.4 Å². The fourth-order valence-corrected chi connectivity index (χ4v) is 15.8. The zero-order chi connectivity index (χ0) is 26.6. The molecule has 4 nitrogen and oxygen atoms in total. The van der Waals surface area contributed by atoms with Crippen LogP contribution in [0, 0.1) is 16.7 Å². The lowest BCUT2D eigenvalue weighted by atomic mass is 9.70. The van der Waals surface area contributed by atoms with Crippen LogP contribution in [0.4, 0.5) is 0 Å². The summed E-state index contributed by atoms with van der Waals surface area (Å²) in [5, 5.41) is 1.24. The molecule has 1 aromatic rings. The van der Waals surface area contributed by atoms with Gasteiger partial charge in [-0.25, -0.2) is 8.42 Å². The van der Waals surface area contributed by atoms with Crippen molar-refractivity contribution >= 4 is 30.7 Å². The Morgan fingerprint density at radius 1 is 1.06 bits per heavy atom. The van der Waals surface area contributed by atoms with Gasteiger partial charge in [-0.15, -0.1) is 0 Å². The average Bonchev–Trinajstić information content (AvgIpc) is 3.13. The van der Waals surface area contributed by atoms with Gasteiger partial charge >= 0.3 is 0 Å². The lowest BCUT2D eigenvalue weighted by Crippen LogP contribution is -2.52. The van der Waals surface area contributed by atoms with Gasteiger partial charge in [0, 0.05) is 12.5 Å². The van der Waals surface area contributed by atoms with Crippen LogP contribution in [0.2, 0.25) is 18.1 Å². The van der Waals surface area contributed by atoms with E-state index < -0.39 is 25.4 Å². The minimum atomic E-state index is -3.65. The summed E-state index contributed by atoms with van der Waals surface area (Å²) in [6.45, 7) is 18.2. The molecule has 0 radical (unpaired) electrons. The molecule has 4 atom stereocenters. The maximum absolute atomic E-state index is 14.2. The zero-order valence-corrected chi connectivity index (χ0v) is 26.7. The Morgan fingerprint density at radius 2 is 1.67 bits per heavy atom. The third kappa shape index (κ3) is 4.98. The van der Waals surface area contributed by atoms with Gasteiger partial charge in [-0.2, -0.15) is 4.15 Å². The SMILES string of the molecule is CC1(C)C2CCC1(CS(=O)(=O)N=P(C)(c1ccccc1)C1CCCCC1)C(O[Si](C)(C)C(C)(C)C)C2. The molecular weight excluding hydrogens is 501 g/mol. The first kappa shape index (κ1) is 28.6. The summed E-state index contributed by atoms with van der Waals surface area (Å²) in [4.78, 5) is 0. The molecule has 4 rings (SSSR count). The molecule has 7 heteroatoms. The van der Waals surface area contributed by atoms with Crippen molar-refractivity contribution in [1.29, 1.82) is 0 Å². The number of nitrogens with zero attached hydrogens (tertiary/aromatic N) is 1. The van der Waals surface area contributed by atoms with Gasteiger partial charge in [0.2, 0.25) is 0 Å². The van der Waals surface area contributed by atoms with E-state index in [1.165, 1.54) is 19.3 Å². The molecule has 204 valence electrons. The van der Waals surface area contributed by atoms with Crippen molar-refractivity contribution in [1.82, 2.24) is 0 Å². The molecule has 1 aromatic carbocycles. The zero-order valence-electron chi connectivity index (χ0n) is 24.0. The number of hydrogen-bond acceptors (Lipinski definition) is 3. The Kier molecular flexibility index (Phi) is 7.66. The quantitative estimate of drug-likeness (QED) is 0.255. The normalized spacial score (nSPS) is 30.8. The Morgan fingerprint density at radius 3 is 2.22 bits per heavy atom. The number of benzene rings is 1. The fraction of sp³-hybridized carbons (Fsp3) is 0.793. The average molecular weight is 552 g/mol. The summed E-state index contributed by atoms with van der Waals surface area (Å²) in [5.74, 6) is 0.661. The molecule has 0 aromatic heterocycles. The van der Waals surface area contributed by atoms with E-state index in [1.54, 1.807) is 0 Å². The van der Waals surface area contributed by atoms with Crippen LogP contribution in [0.1, 0.15) is 86.0 Å². The van der Waals surface area contributed by atoms with E-state index in [0.29, 0.717) is 11.6 Å². The van der Waals surface area contributed by atoms with E-state index in [-0.39, 0.29) is 27.7 Å². The van der Waals surface area contributed by atoms with Crippen LogP contribution < -0.4 is 5.30 Å². The highest BCUT2D eigenvalue weighted by molar-refractivity contribution is 7.95. The first-order valence-corrected chi connectivity index (χ1v) is 20.9. The van der Waals surface area contributed by atoms with Gasteiger partial charge in [-0.05, 0) is 79.2 Å². The molecule has 2 bridgehead atoms. The minimum Gasteiger partial charge on any atom is -0.413 e. The van der Waals surface area contributed by atoms with Gasteiger partial charge < -0.3 is 4.43 Å². The van der Waals surface area contributed by atoms with Gasteiger partial charge in [0.25, 0.3) is 10.0 Å². The van der Waals surface area contributed by atoms with Gasteiger partial charge in [-0.1, -0.05) is 84.2 Å². The van der Waals surface area contributed by atoms with Crippen molar-refractivity contribution in [3.63, 3.8) is 0 Å². The van der Waals surface area contributed by atoms with E-state index in [1.807, 2.05) is 18.2 Å². The highest BCUT2D eigenvalue weighted by Crippen LogP contribution is 2.68. The van der Waals surface area contributed by atoms with Crippen molar-refractivity contribution < 1.29 is 12.8 Å². The summed E-state index contributed by atoms with van der Waals surface area (Å²) < 4.78 is 40.5. The molecule has 0 N–H and O–H groups in total. The molecule has 0 amide bonds. The fourth-order valence-electron chi connectivity index (χ4n) is 7.29. The molecule has 0 spiro atoms. The first-order chi connectivity index (χ1) is 16.5. The van der Waals surface area contributed by atoms with Crippen molar-refractivity contribution in [3.05, 3.63) is 30.3 Å². The van der Waals surface area contributed by atoms with Gasteiger partial charge in [0.05, 0.1) is 11.9 Å². The molecular formula is C29H50NO3PSSi. The molecule has 0 saturated heterocycles. The lowest BCUT2D eigenvalue weighted by Gasteiger charge is -2.47. The Bertz CT molecular complexity index is 1100. The van der Waals surface area contributed by atoms with Crippen molar-refractivity contribution in [2.75, 3.05) is 12.4 Å². The number of sulfonamides is 1. The Hall–Kier alpha value is -0.423. The summed E-state index contributed by atoms with van der Waals surface area (Å²) >= 11 is 0. The van der Waals surface area contributed by atoms with Gasteiger partial charge in [0.15, 0.2) is 8.32 Å². The summed E-state index contributed by atoms with van der Waals surface area (Å²) in [5.41, 5.74) is -0.0494. The minimum absolute atomic E-state index is 0.00751. The molecule has 3 fully saturated rings. The second-order valence-electron chi connectivity index (χ2n) is 14.2. The van der Waals surface area contributed by atoms with Gasteiger partial charge in [-0.3, -0.25) is 0 Å². The summed E-state index contributed by atoms with van der Waals surface area (Å²) in [7, 11) is -7.91. The molecule has 3 aliphatic carbocycles. The van der Waals surface area contributed by atoms with E-state index in [2.05, 4.69) is 66.5 Å². The third-order valence-electron chi connectivity index (χ3n) is 10.9. The highest BCUT2D eigenvalue weighted by Gasteiger charge is 2.66. The van der Waals surface area contributed by atoms with E-state index >= 15 is 0 Å². The van der Waals surface area contributed by atoms with Crippen molar-refractivity contribution in [2.24, 2.45) is 20.9 Å². The Balaban J connectivity index is 1.75. The van der Waals surface area contributed by atoms with Crippen molar-refractivity contribution in [2.45, 2.75) is 116 Å². The van der Waals surface area contributed by atoms with E-state index in [9.17, 15) is 8.42 Å². The van der Waals surface area contributed by atoms with Crippen LogP contribution >= 0.6 is 7.05 Å². The summed E-state index contributed by atoms with van der Waals surface area (Å²) in [6, 6.07) is 10.3. The predicted molar refractivity (Wildman–Crippen MR) is 158 cm³/mol. The summed E-state index contributed by atoms with van der Waals surface area (Å²) in [6.07, 6.45) is 8.84. The Labute approximate surface area is 222 Å².